The first-order valence-electron chi connectivity index (χ1n) is 8.08. The molecule has 2 aliphatic heterocycles. The lowest BCUT2D eigenvalue weighted by Gasteiger charge is -2.15. The van der Waals surface area contributed by atoms with E-state index in [2.05, 4.69) is 15.5 Å². The molecule has 2 N–H and O–H groups in total. The molecular weight excluding hydrogens is 340 g/mol. The molecule has 0 radical (unpaired) electrons. The first-order valence-corrected chi connectivity index (χ1v) is 9.23. The molecule has 7 nitrogen and oxygen atoms in total. The smallest absolute Gasteiger partial charge is 0.414 e. The number of nitrogens with one attached hydrogen (secondary N) is 2. The summed E-state index contributed by atoms with van der Waals surface area (Å²) >= 11 is 1.83. The van der Waals surface area contributed by atoms with Crippen LogP contribution < -0.4 is 10.2 Å². The topological polar surface area (TPSA) is 87.3 Å². The molecule has 3 heterocycles. The highest BCUT2D eigenvalue weighted by Crippen LogP contribution is 2.37. The van der Waals surface area contributed by atoms with Crippen molar-refractivity contribution in [3.8, 4) is 11.3 Å². The Morgan fingerprint density at radius 3 is 3.12 bits per heavy atom. The monoisotopic (exact) mass is 358 g/mol. The van der Waals surface area contributed by atoms with Crippen molar-refractivity contribution in [2.75, 3.05) is 18.0 Å². The molecule has 2 aromatic rings. The minimum absolute atomic E-state index is 0.133. The number of hydrogen-bond donors (Lipinski definition) is 2. The molecule has 4 rings (SSSR count). The molecule has 0 spiro atoms. The van der Waals surface area contributed by atoms with Crippen LogP contribution in [-0.4, -0.2) is 41.4 Å². The third-order valence-corrected chi connectivity index (χ3v) is 5.37. The first kappa shape index (κ1) is 16.0. The average molecular weight is 358 g/mol. The Labute approximate surface area is 149 Å². The molecule has 8 heteroatoms. The van der Waals surface area contributed by atoms with Crippen LogP contribution in [0.3, 0.4) is 0 Å². The molecule has 0 aliphatic carbocycles. The number of cyclic esters (lactones) is 1. The Balaban J connectivity index is 1.58. The maximum Gasteiger partial charge on any atom is 0.414 e. The number of thioether (sulfide) groups is 1. The third-order valence-electron chi connectivity index (χ3n) is 4.34. The van der Waals surface area contributed by atoms with Gasteiger partial charge in [-0.25, -0.2) is 4.79 Å². The van der Waals surface area contributed by atoms with Crippen LogP contribution in [0.2, 0.25) is 0 Å². The summed E-state index contributed by atoms with van der Waals surface area (Å²) in [4.78, 5) is 24.8. The van der Waals surface area contributed by atoms with E-state index in [4.69, 9.17) is 4.74 Å². The van der Waals surface area contributed by atoms with Gasteiger partial charge in [0.2, 0.25) is 5.91 Å². The number of rotatable bonds is 3. The summed E-state index contributed by atoms with van der Waals surface area (Å²) in [6.07, 6.45) is 1.23. The average Bonchev–Trinajstić information content (AvgIpc) is 3.15. The predicted molar refractivity (Wildman–Crippen MR) is 95.3 cm³/mol. The number of nitrogens with zero attached hydrogens (tertiary/aromatic N) is 2. The summed E-state index contributed by atoms with van der Waals surface area (Å²) in [6.45, 7) is 2.20. The Bertz CT molecular complexity index is 835. The van der Waals surface area contributed by atoms with Crippen LogP contribution in [-0.2, 0) is 21.0 Å². The van der Waals surface area contributed by atoms with E-state index < -0.39 is 0 Å². The van der Waals surface area contributed by atoms with Gasteiger partial charge in [-0.3, -0.25) is 14.8 Å². The molecular formula is C17H18N4O3S. The molecule has 1 aromatic carbocycles. The lowest BCUT2D eigenvalue weighted by Crippen LogP contribution is -2.33. The lowest BCUT2D eigenvalue weighted by atomic mass is 10.0. The van der Waals surface area contributed by atoms with Crippen molar-refractivity contribution in [1.82, 2.24) is 15.5 Å². The van der Waals surface area contributed by atoms with Gasteiger partial charge in [0, 0.05) is 41.4 Å². The molecule has 2 aliphatic rings. The highest BCUT2D eigenvalue weighted by atomic mass is 32.2. The molecule has 1 aromatic heterocycles. The standard InChI is InChI=1S/C17H18N4O3S/c1-10(22)18-6-14-7-21(17(23)24-14)13-2-3-15-11(4-13)8-25-9-12-5-19-20-16(12)15/h2-5,14H,6-9H2,1H3,(H,18,22)(H,19,20). The van der Waals surface area contributed by atoms with Crippen LogP contribution in [0.1, 0.15) is 18.1 Å². The fourth-order valence-corrected chi connectivity index (χ4v) is 4.12. The van der Waals surface area contributed by atoms with Gasteiger partial charge in [-0.05, 0) is 17.7 Å². The van der Waals surface area contributed by atoms with Crippen LogP contribution in [0.15, 0.2) is 24.4 Å². The normalized spacial score (nSPS) is 19.0. The number of aromatic nitrogens is 2. The molecule has 0 bridgehead atoms. The number of carbonyl (C=O) groups is 2. The quantitative estimate of drug-likeness (QED) is 0.879. The molecule has 1 unspecified atom stereocenters. The van der Waals surface area contributed by atoms with Gasteiger partial charge in [0.15, 0.2) is 0 Å². The van der Waals surface area contributed by atoms with Crippen LogP contribution in [0.25, 0.3) is 11.3 Å². The Hall–Kier alpha value is -2.48. The predicted octanol–water partition coefficient (Wildman–Crippen LogP) is 2.28. The summed E-state index contributed by atoms with van der Waals surface area (Å²) in [5.74, 6) is 1.66. The van der Waals surface area contributed by atoms with E-state index in [-0.39, 0.29) is 18.1 Å². The van der Waals surface area contributed by atoms with Crippen molar-refractivity contribution in [3.05, 3.63) is 35.5 Å². The molecule has 0 saturated carbocycles. The van der Waals surface area contributed by atoms with Crippen molar-refractivity contribution in [1.29, 1.82) is 0 Å². The summed E-state index contributed by atoms with van der Waals surface area (Å²) < 4.78 is 5.34. The van der Waals surface area contributed by atoms with Crippen molar-refractivity contribution in [2.24, 2.45) is 0 Å². The van der Waals surface area contributed by atoms with Gasteiger partial charge in [-0.1, -0.05) is 6.07 Å². The van der Waals surface area contributed by atoms with E-state index in [1.807, 2.05) is 36.2 Å². The van der Waals surface area contributed by atoms with Crippen molar-refractivity contribution in [3.63, 3.8) is 0 Å². The molecule has 2 amide bonds. The van der Waals surface area contributed by atoms with Gasteiger partial charge in [0.05, 0.1) is 18.8 Å². The number of ether oxygens (including phenoxy) is 1. The van der Waals surface area contributed by atoms with Gasteiger partial charge < -0.3 is 10.1 Å². The molecule has 130 valence electrons. The molecule has 25 heavy (non-hydrogen) atoms. The van der Waals surface area contributed by atoms with Crippen LogP contribution in [0.4, 0.5) is 10.5 Å². The van der Waals surface area contributed by atoms with E-state index in [0.717, 1.165) is 34.0 Å². The van der Waals surface area contributed by atoms with Crippen LogP contribution in [0, 0.1) is 0 Å². The zero-order valence-electron chi connectivity index (χ0n) is 13.7. The minimum atomic E-state index is -0.378. The Kier molecular flexibility index (Phi) is 4.12. The number of anilines is 1. The Morgan fingerprint density at radius 2 is 2.28 bits per heavy atom. The van der Waals surface area contributed by atoms with E-state index in [0.29, 0.717) is 13.1 Å². The van der Waals surface area contributed by atoms with Gasteiger partial charge in [0.25, 0.3) is 0 Å². The summed E-state index contributed by atoms with van der Waals surface area (Å²) in [7, 11) is 0. The largest absolute Gasteiger partial charge is 0.442 e. The molecule has 1 atom stereocenters. The minimum Gasteiger partial charge on any atom is -0.442 e. The maximum atomic E-state index is 12.2. The van der Waals surface area contributed by atoms with E-state index in [1.165, 1.54) is 12.5 Å². The van der Waals surface area contributed by atoms with E-state index >= 15 is 0 Å². The number of amides is 2. The number of H-pyrrole nitrogens is 1. The molecule has 1 fully saturated rings. The number of aromatic amines is 1. The highest BCUT2D eigenvalue weighted by molar-refractivity contribution is 7.97. The zero-order valence-corrected chi connectivity index (χ0v) is 14.6. The number of hydrogen-bond acceptors (Lipinski definition) is 5. The highest BCUT2D eigenvalue weighted by Gasteiger charge is 2.33. The number of fused-ring (bicyclic) bond motifs is 3. The second-order valence-electron chi connectivity index (χ2n) is 6.15. The van der Waals surface area contributed by atoms with Gasteiger partial charge in [-0.2, -0.15) is 16.9 Å². The summed E-state index contributed by atoms with van der Waals surface area (Å²) in [5, 5.41) is 9.99. The van der Waals surface area contributed by atoms with E-state index in [9.17, 15) is 9.59 Å². The van der Waals surface area contributed by atoms with Crippen molar-refractivity contribution in [2.45, 2.75) is 24.5 Å². The van der Waals surface area contributed by atoms with E-state index in [1.54, 1.807) is 4.90 Å². The van der Waals surface area contributed by atoms with Gasteiger partial charge >= 0.3 is 6.09 Å². The summed E-state index contributed by atoms with van der Waals surface area (Å²) in [6, 6.07) is 5.98. The lowest BCUT2D eigenvalue weighted by molar-refractivity contribution is -0.119. The van der Waals surface area contributed by atoms with Crippen LogP contribution >= 0.6 is 11.8 Å². The number of benzene rings is 1. The summed E-state index contributed by atoms with van der Waals surface area (Å²) in [5.41, 5.74) is 5.26. The zero-order chi connectivity index (χ0) is 17.4. The first-order chi connectivity index (χ1) is 12.1. The molecule has 1 saturated heterocycles. The number of carbonyl (C=O) groups excluding carboxylic acids is 2. The van der Waals surface area contributed by atoms with Crippen molar-refractivity contribution >= 4 is 29.4 Å². The van der Waals surface area contributed by atoms with Crippen molar-refractivity contribution < 1.29 is 14.3 Å². The second-order valence-corrected chi connectivity index (χ2v) is 7.13. The maximum absolute atomic E-state index is 12.2. The van der Waals surface area contributed by atoms with Crippen LogP contribution in [0.5, 0.6) is 0 Å². The van der Waals surface area contributed by atoms with Gasteiger partial charge in [0.1, 0.15) is 6.10 Å². The second kappa shape index (κ2) is 6.44. The fraction of sp³-hybridized carbons (Fsp3) is 0.353. The van der Waals surface area contributed by atoms with Gasteiger partial charge in [-0.15, -0.1) is 0 Å². The fourth-order valence-electron chi connectivity index (χ4n) is 3.12. The Morgan fingerprint density at radius 1 is 1.44 bits per heavy atom. The third kappa shape index (κ3) is 3.09. The SMILES string of the molecule is CC(=O)NCC1CN(c2ccc3c(c2)CSCc2c[nH]nc2-3)C(=O)O1.